The van der Waals surface area contributed by atoms with E-state index in [2.05, 4.69) is 35.6 Å². The van der Waals surface area contributed by atoms with Crippen molar-refractivity contribution in [3.63, 3.8) is 0 Å². The molecular formula is C14H12ClN. The molecule has 0 atom stereocenters. The average Bonchev–Trinajstić information content (AvgIpc) is 2.77. The van der Waals surface area contributed by atoms with Gasteiger partial charge in [-0.15, -0.1) is 0 Å². The standard InChI is InChI=1S/C14H12ClN/c15-14-5-3-10(4-6-14)11-1-2-12-8-16-9-13(12)7-11/h1-7,16H,8-9H2. The van der Waals surface area contributed by atoms with Gasteiger partial charge in [0.05, 0.1) is 0 Å². The van der Waals surface area contributed by atoms with Crippen molar-refractivity contribution < 1.29 is 0 Å². The summed E-state index contributed by atoms with van der Waals surface area (Å²) in [4.78, 5) is 0. The Morgan fingerprint density at radius 1 is 0.812 bits per heavy atom. The Balaban J connectivity index is 2.03. The van der Waals surface area contributed by atoms with Crippen molar-refractivity contribution in [2.75, 3.05) is 0 Å². The van der Waals surface area contributed by atoms with Crippen LogP contribution in [-0.4, -0.2) is 0 Å². The van der Waals surface area contributed by atoms with Gasteiger partial charge < -0.3 is 5.32 Å². The van der Waals surface area contributed by atoms with E-state index in [4.69, 9.17) is 11.6 Å². The molecule has 1 heterocycles. The number of hydrogen-bond acceptors (Lipinski definition) is 1. The zero-order chi connectivity index (χ0) is 11.0. The minimum Gasteiger partial charge on any atom is -0.309 e. The van der Waals surface area contributed by atoms with Gasteiger partial charge in [0.25, 0.3) is 0 Å². The van der Waals surface area contributed by atoms with Crippen molar-refractivity contribution >= 4 is 11.6 Å². The molecule has 0 spiro atoms. The topological polar surface area (TPSA) is 12.0 Å². The maximum Gasteiger partial charge on any atom is 0.0406 e. The number of fused-ring (bicyclic) bond motifs is 1. The quantitative estimate of drug-likeness (QED) is 0.788. The van der Waals surface area contributed by atoms with Crippen LogP contribution in [-0.2, 0) is 13.1 Å². The zero-order valence-corrected chi connectivity index (χ0v) is 9.59. The molecule has 1 nitrogen and oxygen atoms in total. The number of benzene rings is 2. The highest BCUT2D eigenvalue weighted by atomic mass is 35.5. The number of hydrogen-bond donors (Lipinski definition) is 1. The molecule has 16 heavy (non-hydrogen) atoms. The number of rotatable bonds is 1. The lowest BCUT2D eigenvalue weighted by Gasteiger charge is -2.04. The number of halogens is 1. The van der Waals surface area contributed by atoms with E-state index in [0.717, 1.165) is 18.1 Å². The third kappa shape index (κ3) is 1.73. The third-order valence-corrected chi connectivity index (χ3v) is 3.27. The summed E-state index contributed by atoms with van der Waals surface area (Å²) in [5.74, 6) is 0. The summed E-state index contributed by atoms with van der Waals surface area (Å²) in [6.45, 7) is 1.98. The Labute approximate surface area is 100 Å². The first-order valence-electron chi connectivity index (χ1n) is 5.41. The van der Waals surface area contributed by atoms with Gasteiger partial charge in [-0.05, 0) is 40.5 Å². The molecule has 0 amide bonds. The molecule has 2 aromatic carbocycles. The van der Waals surface area contributed by atoms with Gasteiger partial charge in [0.15, 0.2) is 0 Å². The van der Waals surface area contributed by atoms with E-state index in [1.54, 1.807) is 0 Å². The van der Waals surface area contributed by atoms with E-state index in [0.29, 0.717) is 0 Å². The summed E-state index contributed by atoms with van der Waals surface area (Å²) < 4.78 is 0. The van der Waals surface area contributed by atoms with Gasteiger partial charge in [-0.2, -0.15) is 0 Å². The SMILES string of the molecule is Clc1ccc(-c2ccc3c(c2)CNC3)cc1. The van der Waals surface area contributed by atoms with Crippen molar-refractivity contribution in [1.82, 2.24) is 5.32 Å². The highest BCUT2D eigenvalue weighted by Crippen LogP contribution is 2.25. The van der Waals surface area contributed by atoms with Gasteiger partial charge in [0, 0.05) is 18.1 Å². The van der Waals surface area contributed by atoms with Crippen LogP contribution in [0.15, 0.2) is 42.5 Å². The molecular weight excluding hydrogens is 218 g/mol. The third-order valence-electron chi connectivity index (χ3n) is 3.01. The van der Waals surface area contributed by atoms with Crippen LogP contribution in [0.25, 0.3) is 11.1 Å². The summed E-state index contributed by atoms with van der Waals surface area (Å²) in [5, 5.41) is 4.14. The van der Waals surface area contributed by atoms with Gasteiger partial charge in [0.1, 0.15) is 0 Å². The largest absolute Gasteiger partial charge is 0.309 e. The van der Waals surface area contributed by atoms with Crippen LogP contribution in [0.3, 0.4) is 0 Å². The smallest absolute Gasteiger partial charge is 0.0406 e. The van der Waals surface area contributed by atoms with Gasteiger partial charge in [0.2, 0.25) is 0 Å². The molecule has 0 bridgehead atoms. The molecule has 1 N–H and O–H groups in total. The van der Waals surface area contributed by atoms with Crippen LogP contribution in [0.5, 0.6) is 0 Å². The van der Waals surface area contributed by atoms with Crippen molar-refractivity contribution in [2.45, 2.75) is 13.1 Å². The van der Waals surface area contributed by atoms with Crippen LogP contribution in [0.1, 0.15) is 11.1 Å². The van der Waals surface area contributed by atoms with Crippen LogP contribution < -0.4 is 5.32 Å². The van der Waals surface area contributed by atoms with Crippen LogP contribution >= 0.6 is 11.6 Å². The average molecular weight is 230 g/mol. The second kappa shape index (κ2) is 3.93. The fourth-order valence-corrected chi connectivity index (χ4v) is 2.24. The van der Waals surface area contributed by atoms with E-state index in [-0.39, 0.29) is 0 Å². The second-order valence-corrected chi connectivity index (χ2v) is 4.53. The minimum atomic E-state index is 0.784. The van der Waals surface area contributed by atoms with Gasteiger partial charge in [-0.25, -0.2) is 0 Å². The maximum atomic E-state index is 5.88. The molecule has 0 aromatic heterocycles. The van der Waals surface area contributed by atoms with Gasteiger partial charge in [-0.1, -0.05) is 35.9 Å². The summed E-state index contributed by atoms with van der Waals surface area (Å²) in [6.07, 6.45) is 0. The van der Waals surface area contributed by atoms with E-state index < -0.39 is 0 Å². The van der Waals surface area contributed by atoms with E-state index in [1.165, 1.54) is 22.3 Å². The highest BCUT2D eigenvalue weighted by molar-refractivity contribution is 6.30. The Bertz CT molecular complexity index is 517. The molecule has 80 valence electrons. The summed E-state index contributed by atoms with van der Waals surface area (Å²) in [5.41, 5.74) is 5.31. The lowest BCUT2D eigenvalue weighted by Crippen LogP contribution is -1.99. The molecule has 0 aliphatic carbocycles. The summed E-state index contributed by atoms with van der Waals surface area (Å²) in [6, 6.07) is 14.6. The molecule has 2 aromatic rings. The first-order valence-corrected chi connectivity index (χ1v) is 5.79. The molecule has 0 unspecified atom stereocenters. The molecule has 0 saturated carbocycles. The van der Waals surface area contributed by atoms with Crippen LogP contribution in [0, 0.1) is 0 Å². The van der Waals surface area contributed by atoms with Crippen molar-refractivity contribution in [2.24, 2.45) is 0 Å². The second-order valence-electron chi connectivity index (χ2n) is 4.09. The van der Waals surface area contributed by atoms with E-state index >= 15 is 0 Å². The summed E-state index contributed by atoms with van der Waals surface area (Å²) in [7, 11) is 0. The molecule has 3 rings (SSSR count). The van der Waals surface area contributed by atoms with Gasteiger partial charge in [-0.3, -0.25) is 0 Å². The molecule has 2 heteroatoms. The predicted octanol–water partition coefficient (Wildman–Crippen LogP) is 3.61. The van der Waals surface area contributed by atoms with E-state index in [9.17, 15) is 0 Å². The Morgan fingerprint density at radius 3 is 2.31 bits per heavy atom. The maximum absolute atomic E-state index is 5.88. The molecule has 0 saturated heterocycles. The minimum absolute atomic E-state index is 0.784. The Morgan fingerprint density at radius 2 is 1.50 bits per heavy atom. The lowest BCUT2D eigenvalue weighted by atomic mass is 10.0. The predicted molar refractivity (Wildman–Crippen MR) is 67.4 cm³/mol. The number of nitrogens with one attached hydrogen (secondary N) is 1. The van der Waals surface area contributed by atoms with Crippen LogP contribution in [0.2, 0.25) is 5.02 Å². The Hall–Kier alpha value is -1.31. The van der Waals surface area contributed by atoms with Crippen molar-refractivity contribution in [3.05, 3.63) is 58.6 Å². The first-order chi connectivity index (χ1) is 7.83. The molecule has 1 aliphatic heterocycles. The fourth-order valence-electron chi connectivity index (χ4n) is 2.12. The van der Waals surface area contributed by atoms with Crippen LogP contribution in [0.4, 0.5) is 0 Å². The molecule has 1 aliphatic rings. The zero-order valence-electron chi connectivity index (χ0n) is 8.83. The first kappa shape index (κ1) is 9.88. The van der Waals surface area contributed by atoms with Gasteiger partial charge >= 0.3 is 0 Å². The lowest BCUT2D eigenvalue weighted by molar-refractivity contribution is 0.765. The van der Waals surface area contributed by atoms with E-state index in [1.807, 2.05) is 12.1 Å². The fraction of sp³-hybridized carbons (Fsp3) is 0.143. The highest BCUT2D eigenvalue weighted by Gasteiger charge is 2.10. The summed E-state index contributed by atoms with van der Waals surface area (Å²) >= 11 is 5.88. The molecule has 0 radical (unpaired) electrons. The normalized spacial score (nSPS) is 13.8. The van der Waals surface area contributed by atoms with Crippen molar-refractivity contribution in [3.8, 4) is 11.1 Å². The monoisotopic (exact) mass is 229 g/mol. The Kier molecular flexibility index (Phi) is 2.43. The molecule has 0 fully saturated rings. The van der Waals surface area contributed by atoms with Crippen molar-refractivity contribution in [1.29, 1.82) is 0 Å².